The average molecular weight is 373 g/mol. The van der Waals surface area contributed by atoms with Gasteiger partial charge in [0.2, 0.25) is 0 Å². The fourth-order valence-electron chi connectivity index (χ4n) is 2.98. The highest BCUT2D eigenvalue weighted by Gasteiger charge is 2.34. The molecule has 0 bridgehead atoms. The molecule has 0 aromatic heterocycles. The van der Waals surface area contributed by atoms with Gasteiger partial charge in [-0.1, -0.05) is 18.2 Å². The van der Waals surface area contributed by atoms with Gasteiger partial charge in [-0.25, -0.2) is 4.39 Å². The number of amides is 1. The zero-order chi connectivity index (χ0) is 19.4. The summed E-state index contributed by atoms with van der Waals surface area (Å²) in [6.45, 7) is 2.38. The van der Waals surface area contributed by atoms with E-state index in [1.807, 2.05) is 0 Å². The summed E-state index contributed by atoms with van der Waals surface area (Å²) in [5.41, 5.74) is -0.451. The first-order valence-corrected chi connectivity index (χ1v) is 8.47. The van der Waals surface area contributed by atoms with Crippen LogP contribution in [0, 0.1) is 5.82 Å². The molecule has 0 spiro atoms. The summed E-state index contributed by atoms with van der Waals surface area (Å²) in [6, 6.07) is 10.7. The van der Waals surface area contributed by atoms with Crippen LogP contribution in [0.4, 0.5) is 4.39 Å². The highest BCUT2D eigenvalue weighted by atomic mass is 19.1. The minimum absolute atomic E-state index is 0.162. The second kappa shape index (κ2) is 7.65. The largest absolute Gasteiger partial charge is 0.486 e. The van der Waals surface area contributed by atoms with E-state index in [1.54, 1.807) is 31.2 Å². The maximum absolute atomic E-state index is 13.7. The Labute approximate surface area is 156 Å². The summed E-state index contributed by atoms with van der Waals surface area (Å²) < 4.78 is 29.6. The maximum atomic E-state index is 13.7. The molecule has 7 heteroatoms. The Morgan fingerprint density at radius 3 is 2.67 bits per heavy atom. The van der Waals surface area contributed by atoms with Gasteiger partial charge in [0.1, 0.15) is 19.0 Å². The average Bonchev–Trinajstić information content (AvgIpc) is 2.67. The van der Waals surface area contributed by atoms with Gasteiger partial charge in [0.15, 0.2) is 11.5 Å². The van der Waals surface area contributed by atoms with Gasteiger partial charge >= 0.3 is 5.97 Å². The van der Waals surface area contributed by atoms with Crippen LogP contribution in [0.25, 0.3) is 0 Å². The first kappa shape index (κ1) is 18.7. The molecular formula is C20H20FNO5. The standard InChI is InChI=1S/C20H20FNO5/c1-20(12-17(23)25-2,13-5-3-6-14(21)11-13)22-19(24)15-7-4-8-16-18(15)27-10-9-26-16/h3-8,11H,9-10,12H2,1-2H3,(H,22,24)/t20-/m1/s1. The molecule has 1 amide bonds. The number of nitrogens with one attached hydrogen (secondary N) is 1. The zero-order valence-corrected chi connectivity index (χ0v) is 15.1. The van der Waals surface area contributed by atoms with E-state index in [1.165, 1.54) is 25.3 Å². The molecule has 0 fully saturated rings. The van der Waals surface area contributed by atoms with Gasteiger partial charge in [0.25, 0.3) is 5.91 Å². The van der Waals surface area contributed by atoms with Crippen molar-refractivity contribution in [3.63, 3.8) is 0 Å². The highest BCUT2D eigenvalue weighted by molar-refractivity contribution is 5.98. The maximum Gasteiger partial charge on any atom is 0.308 e. The molecule has 2 aromatic carbocycles. The van der Waals surface area contributed by atoms with Gasteiger partial charge < -0.3 is 19.5 Å². The van der Waals surface area contributed by atoms with Crippen molar-refractivity contribution in [2.45, 2.75) is 18.9 Å². The molecule has 3 rings (SSSR count). The highest BCUT2D eigenvalue weighted by Crippen LogP contribution is 2.34. The number of halogens is 1. The molecule has 0 saturated heterocycles. The minimum atomic E-state index is -1.18. The topological polar surface area (TPSA) is 73.9 Å². The van der Waals surface area contributed by atoms with E-state index in [4.69, 9.17) is 14.2 Å². The first-order valence-electron chi connectivity index (χ1n) is 8.47. The van der Waals surface area contributed by atoms with E-state index in [2.05, 4.69) is 5.32 Å². The molecule has 27 heavy (non-hydrogen) atoms. The number of ether oxygens (including phenoxy) is 3. The fraction of sp³-hybridized carbons (Fsp3) is 0.300. The third-order valence-electron chi connectivity index (χ3n) is 4.39. The van der Waals surface area contributed by atoms with Crippen LogP contribution in [0.3, 0.4) is 0 Å². The van der Waals surface area contributed by atoms with E-state index >= 15 is 0 Å². The lowest BCUT2D eigenvalue weighted by Gasteiger charge is -2.31. The van der Waals surface area contributed by atoms with Crippen LogP contribution < -0.4 is 14.8 Å². The van der Waals surface area contributed by atoms with Crippen LogP contribution in [0.5, 0.6) is 11.5 Å². The normalized spacial score (nSPS) is 14.8. The lowest BCUT2D eigenvalue weighted by atomic mass is 9.88. The molecule has 1 N–H and O–H groups in total. The molecule has 6 nitrogen and oxygen atoms in total. The first-order chi connectivity index (χ1) is 12.9. The van der Waals surface area contributed by atoms with Crippen LogP contribution in [0.1, 0.15) is 29.3 Å². The van der Waals surface area contributed by atoms with Crippen molar-refractivity contribution in [2.24, 2.45) is 0 Å². The Morgan fingerprint density at radius 1 is 1.19 bits per heavy atom. The van der Waals surface area contributed by atoms with Crippen LogP contribution in [-0.4, -0.2) is 32.2 Å². The number of benzene rings is 2. The second-order valence-electron chi connectivity index (χ2n) is 6.38. The van der Waals surface area contributed by atoms with E-state index in [9.17, 15) is 14.0 Å². The Balaban J connectivity index is 1.95. The minimum Gasteiger partial charge on any atom is -0.486 e. The van der Waals surface area contributed by atoms with Gasteiger partial charge in [-0.15, -0.1) is 0 Å². The molecule has 142 valence electrons. The van der Waals surface area contributed by atoms with Crippen molar-refractivity contribution in [3.05, 3.63) is 59.4 Å². The van der Waals surface area contributed by atoms with Crippen molar-refractivity contribution in [3.8, 4) is 11.5 Å². The summed E-state index contributed by atoms with van der Waals surface area (Å²) in [5.74, 6) is -0.633. The van der Waals surface area contributed by atoms with Gasteiger partial charge in [0.05, 0.1) is 24.6 Å². The fourth-order valence-corrected chi connectivity index (χ4v) is 2.98. The summed E-state index contributed by atoms with van der Waals surface area (Å²) >= 11 is 0. The number of rotatable bonds is 5. The molecule has 0 aliphatic carbocycles. The van der Waals surface area contributed by atoms with Crippen molar-refractivity contribution in [2.75, 3.05) is 20.3 Å². The van der Waals surface area contributed by atoms with Crippen molar-refractivity contribution < 1.29 is 28.2 Å². The number of hydrogen-bond acceptors (Lipinski definition) is 5. The van der Waals surface area contributed by atoms with Crippen LogP contribution in [0.15, 0.2) is 42.5 Å². The zero-order valence-electron chi connectivity index (χ0n) is 15.1. The van der Waals surface area contributed by atoms with Crippen molar-refractivity contribution in [1.29, 1.82) is 0 Å². The molecule has 0 radical (unpaired) electrons. The molecule has 1 aliphatic rings. The Bertz CT molecular complexity index is 869. The molecule has 1 aliphatic heterocycles. The van der Waals surface area contributed by atoms with Gasteiger partial charge in [-0.2, -0.15) is 0 Å². The lowest BCUT2D eigenvalue weighted by Crippen LogP contribution is -2.45. The van der Waals surface area contributed by atoms with Gasteiger partial charge in [-0.3, -0.25) is 9.59 Å². The van der Waals surface area contributed by atoms with Crippen molar-refractivity contribution in [1.82, 2.24) is 5.32 Å². The molecular weight excluding hydrogens is 353 g/mol. The monoisotopic (exact) mass is 373 g/mol. The Morgan fingerprint density at radius 2 is 1.93 bits per heavy atom. The Hall–Kier alpha value is -3.09. The number of carbonyl (C=O) groups excluding carboxylic acids is 2. The number of methoxy groups -OCH3 is 1. The number of carbonyl (C=O) groups is 2. The third-order valence-corrected chi connectivity index (χ3v) is 4.39. The van der Waals surface area contributed by atoms with Gasteiger partial charge in [0, 0.05) is 0 Å². The van der Waals surface area contributed by atoms with Crippen LogP contribution in [0.2, 0.25) is 0 Å². The molecule has 2 aromatic rings. The number of esters is 1. The van der Waals surface area contributed by atoms with Gasteiger partial charge in [-0.05, 0) is 36.8 Å². The quantitative estimate of drug-likeness (QED) is 0.816. The molecule has 0 saturated carbocycles. The number of para-hydroxylation sites is 1. The predicted octanol–water partition coefficient (Wildman–Crippen LogP) is 2.81. The van der Waals surface area contributed by atoms with E-state index < -0.39 is 23.2 Å². The summed E-state index contributed by atoms with van der Waals surface area (Å²) in [4.78, 5) is 24.9. The smallest absolute Gasteiger partial charge is 0.308 e. The number of hydrogen-bond donors (Lipinski definition) is 1. The summed E-state index contributed by atoms with van der Waals surface area (Å²) in [5, 5.41) is 2.83. The van der Waals surface area contributed by atoms with Crippen LogP contribution in [-0.2, 0) is 15.1 Å². The van der Waals surface area contributed by atoms with E-state index in [-0.39, 0.29) is 12.0 Å². The second-order valence-corrected chi connectivity index (χ2v) is 6.38. The summed E-state index contributed by atoms with van der Waals surface area (Å²) in [6.07, 6.45) is -0.162. The van der Waals surface area contributed by atoms with Crippen molar-refractivity contribution >= 4 is 11.9 Å². The van der Waals surface area contributed by atoms with Crippen LogP contribution >= 0.6 is 0 Å². The SMILES string of the molecule is COC(=O)C[C@@](C)(NC(=O)c1cccc2c1OCCO2)c1cccc(F)c1. The van der Waals surface area contributed by atoms with E-state index in [0.29, 0.717) is 30.3 Å². The molecule has 1 atom stereocenters. The predicted molar refractivity (Wildman–Crippen MR) is 95.3 cm³/mol. The molecule has 1 heterocycles. The molecule has 0 unspecified atom stereocenters. The summed E-state index contributed by atoms with van der Waals surface area (Å²) in [7, 11) is 1.26. The lowest BCUT2D eigenvalue weighted by molar-refractivity contribution is -0.142. The number of fused-ring (bicyclic) bond motifs is 1. The third kappa shape index (κ3) is 4.02. The Kier molecular flexibility index (Phi) is 5.30. The van der Waals surface area contributed by atoms with E-state index in [0.717, 1.165) is 0 Å².